The smallest absolute Gasteiger partial charge is 0.323 e. The molecule has 1 atom stereocenters. The lowest BCUT2D eigenvalue weighted by molar-refractivity contribution is -0.159. The van der Waals surface area contributed by atoms with Gasteiger partial charge < -0.3 is 14.2 Å². The summed E-state index contributed by atoms with van der Waals surface area (Å²) in [6.07, 6.45) is 0.423. The van der Waals surface area contributed by atoms with Crippen LogP contribution >= 0.6 is 0 Å². The van der Waals surface area contributed by atoms with Crippen LogP contribution in [-0.4, -0.2) is 49.2 Å². The first-order valence-electron chi connectivity index (χ1n) is 9.92. The highest BCUT2D eigenvalue weighted by Gasteiger charge is 2.30. The van der Waals surface area contributed by atoms with Crippen LogP contribution in [-0.2, 0) is 32.0 Å². The third-order valence-corrected chi connectivity index (χ3v) is 4.48. The SMILES string of the molecule is COC(=O)[C@H](Cc1ccccc1)N(CC(=O)OC(C)(C)C)Cc1ccc(OC)cc1. The van der Waals surface area contributed by atoms with Crippen molar-refractivity contribution in [2.45, 2.75) is 45.4 Å². The first kappa shape index (κ1) is 23.4. The van der Waals surface area contributed by atoms with E-state index >= 15 is 0 Å². The lowest BCUT2D eigenvalue weighted by atomic mass is 10.0. The minimum absolute atomic E-state index is 0.0318. The lowest BCUT2D eigenvalue weighted by Gasteiger charge is -2.30. The summed E-state index contributed by atoms with van der Waals surface area (Å²) < 4.78 is 15.8. The molecule has 2 rings (SSSR count). The molecule has 0 amide bonds. The molecule has 0 aromatic heterocycles. The number of carbonyl (C=O) groups is 2. The third-order valence-electron chi connectivity index (χ3n) is 4.48. The van der Waals surface area contributed by atoms with Gasteiger partial charge in [-0.3, -0.25) is 14.5 Å². The fraction of sp³-hybridized carbons (Fsp3) is 0.417. The fourth-order valence-electron chi connectivity index (χ4n) is 3.12. The predicted molar refractivity (Wildman–Crippen MR) is 115 cm³/mol. The molecule has 0 fully saturated rings. The van der Waals surface area contributed by atoms with E-state index in [-0.39, 0.29) is 6.54 Å². The van der Waals surface area contributed by atoms with Crippen molar-refractivity contribution in [2.24, 2.45) is 0 Å². The van der Waals surface area contributed by atoms with Gasteiger partial charge >= 0.3 is 11.9 Å². The van der Waals surface area contributed by atoms with E-state index in [1.54, 1.807) is 12.0 Å². The normalized spacial score (nSPS) is 12.3. The zero-order chi connectivity index (χ0) is 22.1. The van der Waals surface area contributed by atoms with Crippen molar-refractivity contribution >= 4 is 11.9 Å². The number of rotatable bonds is 9. The summed E-state index contributed by atoms with van der Waals surface area (Å²) in [6.45, 7) is 5.81. The molecule has 0 saturated heterocycles. The number of hydrogen-bond acceptors (Lipinski definition) is 6. The second kappa shape index (κ2) is 10.8. The average Bonchev–Trinajstić information content (AvgIpc) is 2.71. The molecule has 30 heavy (non-hydrogen) atoms. The largest absolute Gasteiger partial charge is 0.497 e. The standard InChI is InChI=1S/C24H31NO5/c1-24(2,3)30-22(26)17-25(16-19-11-13-20(28-4)14-12-19)21(23(27)29-5)15-18-9-7-6-8-10-18/h6-14,21H,15-17H2,1-5H3/t21-/m0/s1. The van der Waals surface area contributed by atoms with Crippen molar-refractivity contribution in [3.05, 3.63) is 65.7 Å². The van der Waals surface area contributed by atoms with E-state index in [1.165, 1.54) is 7.11 Å². The highest BCUT2D eigenvalue weighted by Crippen LogP contribution is 2.18. The van der Waals surface area contributed by atoms with Gasteiger partial charge in [0.2, 0.25) is 0 Å². The maximum atomic E-state index is 12.7. The monoisotopic (exact) mass is 413 g/mol. The molecule has 0 aliphatic heterocycles. The second-order valence-corrected chi connectivity index (χ2v) is 8.07. The minimum Gasteiger partial charge on any atom is -0.497 e. The third kappa shape index (κ3) is 7.52. The molecule has 2 aromatic rings. The van der Waals surface area contributed by atoms with Gasteiger partial charge in [-0.05, 0) is 50.5 Å². The number of carbonyl (C=O) groups excluding carboxylic acids is 2. The van der Waals surface area contributed by atoms with E-state index in [4.69, 9.17) is 14.2 Å². The molecule has 0 unspecified atom stereocenters. The maximum Gasteiger partial charge on any atom is 0.323 e. The molecule has 0 radical (unpaired) electrons. The summed E-state index contributed by atoms with van der Waals surface area (Å²) in [5, 5.41) is 0. The number of esters is 2. The van der Waals surface area contributed by atoms with Gasteiger partial charge in [-0.1, -0.05) is 42.5 Å². The van der Waals surface area contributed by atoms with Crippen LogP contribution in [0.5, 0.6) is 5.75 Å². The van der Waals surface area contributed by atoms with Crippen molar-refractivity contribution in [2.75, 3.05) is 20.8 Å². The fourth-order valence-corrected chi connectivity index (χ4v) is 3.12. The summed E-state index contributed by atoms with van der Waals surface area (Å²) in [5.41, 5.74) is 1.32. The highest BCUT2D eigenvalue weighted by molar-refractivity contribution is 5.78. The van der Waals surface area contributed by atoms with Crippen molar-refractivity contribution in [1.82, 2.24) is 4.90 Å². The van der Waals surface area contributed by atoms with Gasteiger partial charge in [-0.15, -0.1) is 0 Å². The van der Waals surface area contributed by atoms with Gasteiger partial charge in [0, 0.05) is 6.54 Å². The Morgan fingerprint density at radius 2 is 1.57 bits per heavy atom. The quantitative estimate of drug-likeness (QED) is 0.585. The molecular formula is C24H31NO5. The van der Waals surface area contributed by atoms with Gasteiger partial charge in [0.05, 0.1) is 20.8 Å². The van der Waals surface area contributed by atoms with E-state index in [0.717, 1.165) is 16.9 Å². The summed E-state index contributed by atoms with van der Waals surface area (Å²) in [6, 6.07) is 16.6. The predicted octanol–water partition coefficient (Wildman–Crippen LogP) is 3.62. The number of benzene rings is 2. The molecule has 0 heterocycles. The molecule has 0 aliphatic carbocycles. The van der Waals surface area contributed by atoms with Gasteiger partial charge in [-0.25, -0.2) is 0 Å². The first-order valence-corrected chi connectivity index (χ1v) is 9.92. The molecule has 2 aromatic carbocycles. The molecule has 6 heteroatoms. The van der Waals surface area contributed by atoms with Crippen LogP contribution < -0.4 is 4.74 Å². The summed E-state index contributed by atoms with van der Waals surface area (Å²) in [5.74, 6) is -0.0415. The first-order chi connectivity index (χ1) is 14.2. The molecule has 6 nitrogen and oxygen atoms in total. The number of nitrogens with zero attached hydrogens (tertiary/aromatic N) is 1. The number of methoxy groups -OCH3 is 2. The molecule has 0 N–H and O–H groups in total. The molecule has 0 aliphatic rings. The summed E-state index contributed by atoms with van der Waals surface area (Å²) >= 11 is 0. The van der Waals surface area contributed by atoms with Crippen LogP contribution in [0.15, 0.2) is 54.6 Å². The van der Waals surface area contributed by atoms with Crippen molar-refractivity contribution < 1.29 is 23.8 Å². The van der Waals surface area contributed by atoms with Crippen LogP contribution in [0.2, 0.25) is 0 Å². The maximum absolute atomic E-state index is 12.7. The van der Waals surface area contributed by atoms with E-state index < -0.39 is 23.6 Å². The van der Waals surface area contributed by atoms with Gasteiger partial charge in [0.1, 0.15) is 17.4 Å². The average molecular weight is 414 g/mol. The molecular weight excluding hydrogens is 382 g/mol. The van der Waals surface area contributed by atoms with E-state index in [0.29, 0.717) is 13.0 Å². The van der Waals surface area contributed by atoms with E-state index in [9.17, 15) is 9.59 Å². The van der Waals surface area contributed by atoms with Crippen LogP contribution in [0.4, 0.5) is 0 Å². The number of ether oxygens (including phenoxy) is 3. The Morgan fingerprint density at radius 1 is 0.933 bits per heavy atom. The minimum atomic E-state index is -0.632. The van der Waals surface area contributed by atoms with Crippen molar-refractivity contribution in [3.8, 4) is 5.75 Å². The zero-order valence-corrected chi connectivity index (χ0v) is 18.4. The topological polar surface area (TPSA) is 65.1 Å². The summed E-state index contributed by atoms with van der Waals surface area (Å²) in [7, 11) is 2.97. The van der Waals surface area contributed by atoms with Crippen LogP contribution in [0.3, 0.4) is 0 Å². The Balaban J connectivity index is 2.30. The van der Waals surface area contributed by atoms with E-state index in [1.807, 2.05) is 75.4 Å². The molecule has 0 saturated carbocycles. The Hall–Kier alpha value is -2.86. The molecule has 0 spiro atoms. The number of hydrogen-bond donors (Lipinski definition) is 0. The lowest BCUT2D eigenvalue weighted by Crippen LogP contribution is -2.46. The zero-order valence-electron chi connectivity index (χ0n) is 18.4. The van der Waals surface area contributed by atoms with Crippen LogP contribution in [0.1, 0.15) is 31.9 Å². The Bertz CT molecular complexity index is 812. The van der Waals surface area contributed by atoms with Crippen molar-refractivity contribution in [3.63, 3.8) is 0 Å². The molecule has 162 valence electrons. The van der Waals surface area contributed by atoms with Crippen LogP contribution in [0, 0.1) is 0 Å². The highest BCUT2D eigenvalue weighted by atomic mass is 16.6. The molecule has 0 bridgehead atoms. The van der Waals surface area contributed by atoms with E-state index in [2.05, 4.69) is 0 Å². The van der Waals surface area contributed by atoms with Gasteiger partial charge in [-0.2, -0.15) is 0 Å². The Labute approximate surface area is 178 Å². The van der Waals surface area contributed by atoms with Crippen LogP contribution in [0.25, 0.3) is 0 Å². The summed E-state index contributed by atoms with van der Waals surface area (Å²) in [4.78, 5) is 27.1. The van der Waals surface area contributed by atoms with Gasteiger partial charge in [0.25, 0.3) is 0 Å². The second-order valence-electron chi connectivity index (χ2n) is 8.07. The Kier molecular flexibility index (Phi) is 8.42. The Morgan fingerprint density at radius 3 is 2.10 bits per heavy atom. The van der Waals surface area contributed by atoms with Crippen molar-refractivity contribution in [1.29, 1.82) is 0 Å². The van der Waals surface area contributed by atoms with Gasteiger partial charge in [0.15, 0.2) is 0 Å².